The van der Waals surface area contributed by atoms with Gasteiger partial charge in [0.05, 0.1) is 14.2 Å². The number of hydrogen-bond acceptors (Lipinski definition) is 4. The van der Waals surface area contributed by atoms with Crippen LogP contribution in [-0.2, 0) is 11.3 Å². The summed E-state index contributed by atoms with van der Waals surface area (Å²) in [4.78, 5) is 10.1. The molecule has 1 amide bonds. The van der Waals surface area contributed by atoms with Gasteiger partial charge in [-0.25, -0.2) is 0 Å². The van der Waals surface area contributed by atoms with Gasteiger partial charge in [-0.2, -0.15) is 0 Å². The maximum atomic E-state index is 10.1. The van der Waals surface area contributed by atoms with Gasteiger partial charge < -0.3 is 20.1 Å². The van der Waals surface area contributed by atoms with E-state index in [1.807, 2.05) is 49.5 Å². The number of benzene rings is 2. The number of amides is 1. The molecule has 5 heteroatoms. The third-order valence-electron chi connectivity index (χ3n) is 2.90. The van der Waals surface area contributed by atoms with Crippen LogP contribution < -0.4 is 20.1 Å². The van der Waals surface area contributed by atoms with Gasteiger partial charge in [0.1, 0.15) is 0 Å². The Bertz CT molecular complexity index is 559. The van der Waals surface area contributed by atoms with E-state index in [-0.39, 0.29) is 0 Å². The van der Waals surface area contributed by atoms with Gasteiger partial charge in [0.25, 0.3) is 0 Å². The average molecular weight is 302 g/mol. The Labute approximate surface area is 131 Å². The van der Waals surface area contributed by atoms with Crippen molar-refractivity contribution in [2.75, 3.05) is 26.6 Å². The molecule has 0 bridgehead atoms. The highest BCUT2D eigenvalue weighted by atomic mass is 16.5. The molecule has 0 saturated carbocycles. The van der Waals surface area contributed by atoms with Crippen LogP contribution in [0.5, 0.6) is 11.5 Å². The van der Waals surface area contributed by atoms with Crippen molar-refractivity contribution in [1.82, 2.24) is 5.32 Å². The summed E-state index contributed by atoms with van der Waals surface area (Å²) in [5, 5.41) is 5.60. The van der Waals surface area contributed by atoms with Crippen LogP contribution in [0.4, 0.5) is 5.69 Å². The fourth-order valence-electron chi connectivity index (χ4n) is 1.75. The van der Waals surface area contributed by atoms with Crippen molar-refractivity contribution in [3.8, 4) is 11.5 Å². The molecule has 0 radical (unpaired) electrons. The Morgan fingerprint density at radius 2 is 1.68 bits per heavy atom. The predicted molar refractivity (Wildman–Crippen MR) is 88.4 cm³/mol. The second-order valence-corrected chi connectivity index (χ2v) is 4.30. The van der Waals surface area contributed by atoms with E-state index in [0.29, 0.717) is 24.5 Å². The number of nitrogens with one attached hydrogen (secondary N) is 2. The SMILES string of the molecule is CNc1ccccc1.COc1ccc(CNC=O)cc1OC. The predicted octanol–water partition coefficient (Wildman–Crippen LogP) is 2.68. The minimum atomic E-state index is 0.490. The Morgan fingerprint density at radius 1 is 1.00 bits per heavy atom. The molecule has 0 aliphatic heterocycles. The quantitative estimate of drug-likeness (QED) is 0.806. The Kier molecular flexibility index (Phi) is 7.97. The number of carbonyl (C=O) groups excluding carboxylic acids is 1. The first-order chi connectivity index (χ1) is 10.7. The largest absolute Gasteiger partial charge is 0.493 e. The molecular weight excluding hydrogens is 280 g/mol. The molecule has 0 spiro atoms. The van der Waals surface area contributed by atoms with Crippen LogP contribution in [0, 0.1) is 0 Å². The number of carbonyl (C=O) groups is 1. The fraction of sp³-hybridized carbons (Fsp3) is 0.235. The number of ether oxygens (including phenoxy) is 2. The molecule has 22 heavy (non-hydrogen) atoms. The smallest absolute Gasteiger partial charge is 0.207 e. The molecular formula is C17H22N2O3. The van der Waals surface area contributed by atoms with E-state index in [1.165, 1.54) is 0 Å². The monoisotopic (exact) mass is 302 g/mol. The van der Waals surface area contributed by atoms with Crippen LogP contribution in [0.25, 0.3) is 0 Å². The van der Waals surface area contributed by atoms with Gasteiger partial charge in [-0.3, -0.25) is 4.79 Å². The third kappa shape index (κ3) is 5.75. The van der Waals surface area contributed by atoms with Gasteiger partial charge >= 0.3 is 0 Å². The summed E-state index contributed by atoms with van der Waals surface area (Å²) in [6.07, 6.45) is 0.663. The molecule has 2 aromatic carbocycles. The van der Waals surface area contributed by atoms with Crippen LogP contribution in [-0.4, -0.2) is 27.7 Å². The van der Waals surface area contributed by atoms with Crippen molar-refractivity contribution in [1.29, 1.82) is 0 Å². The van der Waals surface area contributed by atoms with Gasteiger partial charge in [-0.1, -0.05) is 24.3 Å². The summed E-state index contributed by atoms with van der Waals surface area (Å²) in [5.74, 6) is 1.35. The maximum Gasteiger partial charge on any atom is 0.207 e. The van der Waals surface area contributed by atoms with E-state index < -0.39 is 0 Å². The van der Waals surface area contributed by atoms with Crippen LogP contribution in [0.15, 0.2) is 48.5 Å². The molecule has 2 aromatic rings. The zero-order valence-corrected chi connectivity index (χ0v) is 13.1. The van der Waals surface area contributed by atoms with Crippen molar-refractivity contribution in [3.63, 3.8) is 0 Å². The lowest BCUT2D eigenvalue weighted by Crippen LogP contribution is -2.09. The van der Waals surface area contributed by atoms with Gasteiger partial charge in [0.15, 0.2) is 11.5 Å². The lowest BCUT2D eigenvalue weighted by molar-refractivity contribution is -0.109. The van der Waals surface area contributed by atoms with Crippen LogP contribution >= 0.6 is 0 Å². The van der Waals surface area contributed by atoms with Gasteiger partial charge in [-0.05, 0) is 29.8 Å². The van der Waals surface area contributed by atoms with Crippen molar-refractivity contribution in [3.05, 3.63) is 54.1 Å². The lowest BCUT2D eigenvalue weighted by atomic mass is 10.2. The fourth-order valence-corrected chi connectivity index (χ4v) is 1.75. The molecule has 0 saturated heterocycles. The second-order valence-electron chi connectivity index (χ2n) is 4.30. The Morgan fingerprint density at radius 3 is 2.18 bits per heavy atom. The highest BCUT2D eigenvalue weighted by Crippen LogP contribution is 2.27. The lowest BCUT2D eigenvalue weighted by Gasteiger charge is -2.08. The van der Waals surface area contributed by atoms with E-state index in [0.717, 1.165) is 11.3 Å². The zero-order valence-electron chi connectivity index (χ0n) is 13.1. The first kappa shape index (κ1) is 17.4. The Hall–Kier alpha value is -2.69. The first-order valence-corrected chi connectivity index (χ1v) is 6.85. The van der Waals surface area contributed by atoms with Crippen molar-refractivity contribution < 1.29 is 14.3 Å². The van der Waals surface area contributed by atoms with Crippen LogP contribution in [0.3, 0.4) is 0 Å². The van der Waals surface area contributed by atoms with Crippen LogP contribution in [0.1, 0.15) is 5.56 Å². The Balaban J connectivity index is 0.000000255. The first-order valence-electron chi connectivity index (χ1n) is 6.85. The van der Waals surface area contributed by atoms with Gasteiger partial charge in [0, 0.05) is 19.3 Å². The second kappa shape index (κ2) is 10.1. The van der Waals surface area contributed by atoms with E-state index in [4.69, 9.17) is 9.47 Å². The van der Waals surface area contributed by atoms with Gasteiger partial charge in [0.2, 0.25) is 6.41 Å². The van der Waals surface area contributed by atoms with Crippen molar-refractivity contribution in [2.45, 2.75) is 6.54 Å². The highest BCUT2D eigenvalue weighted by Gasteiger charge is 2.03. The van der Waals surface area contributed by atoms with Crippen molar-refractivity contribution >= 4 is 12.1 Å². The highest BCUT2D eigenvalue weighted by molar-refractivity contribution is 5.48. The molecule has 118 valence electrons. The summed E-state index contributed by atoms with van der Waals surface area (Å²) in [5.41, 5.74) is 2.13. The van der Waals surface area contributed by atoms with E-state index in [1.54, 1.807) is 20.3 Å². The standard InChI is InChI=1S/C10H13NO3.C7H9N/c1-13-9-4-3-8(6-11-7-12)5-10(9)14-2;1-8-7-5-3-2-4-6-7/h3-5,7H,6H2,1-2H3,(H,11,12);2-6,8H,1H3. The summed E-state index contributed by atoms with van der Waals surface area (Å²) < 4.78 is 10.2. The van der Waals surface area contributed by atoms with E-state index in [9.17, 15) is 4.79 Å². The number of rotatable bonds is 6. The van der Waals surface area contributed by atoms with Crippen LogP contribution in [0.2, 0.25) is 0 Å². The normalized spacial score (nSPS) is 9.05. The molecule has 0 aliphatic rings. The van der Waals surface area contributed by atoms with E-state index in [2.05, 4.69) is 10.6 Å². The molecule has 5 nitrogen and oxygen atoms in total. The molecule has 0 aromatic heterocycles. The number of para-hydroxylation sites is 1. The molecule has 0 fully saturated rings. The summed E-state index contributed by atoms with van der Waals surface area (Å²) in [6, 6.07) is 15.6. The minimum Gasteiger partial charge on any atom is -0.493 e. The zero-order chi connectivity index (χ0) is 16.2. The third-order valence-corrected chi connectivity index (χ3v) is 2.90. The maximum absolute atomic E-state index is 10.1. The molecule has 2 N–H and O–H groups in total. The number of methoxy groups -OCH3 is 2. The molecule has 0 atom stereocenters. The summed E-state index contributed by atoms with van der Waals surface area (Å²) in [7, 11) is 5.07. The number of hydrogen-bond donors (Lipinski definition) is 2. The minimum absolute atomic E-state index is 0.490. The number of anilines is 1. The molecule has 0 heterocycles. The van der Waals surface area contributed by atoms with Gasteiger partial charge in [-0.15, -0.1) is 0 Å². The molecule has 0 aliphatic carbocycles. The topological polar surface area (TPSA) is 59.6 Å². The summed E-state index contributed by atoms with van der Waals surface area (Å²) in [6.45, 7) is 0.490. The molecule has 0 unspecified atom stereocenters. The summed E-state index contributed by atoms with van der Waals surface area (Å²) >= 11 is 0. The van der Waals surface area contributed by atoms with Crippen molar-refractivity contribution in [2.24, 2.45) is 0 Å². The van der Waals surface area contributed by atoms with E-state index >= 15 is 0 Å². The average Bonchev–Trinajstić information content (AvgIpc) is 2.60. The molecule has 2 rings (SSSR count).